The van der Waals surface area contributed by atoms with Gasteiger partial charge in [0.2, 0.25) is 0 Å². The number of benzene rings is 1. The molecule has 1 aliphatic heterocycles. The van der Waals surface area contributed by atoms with E-state index >= 15 is 0 Å². The van der Waals surface area contributed by atoms with Crippen LogP contribution in [-0.4, -0.2) is 28.5 Å². The van der Waals surface area contributed by atoms with Crippen LogP contribution in [0.15, 0.2) is 24.3 Å². The maximum Gasteiger partial charge on any atom is 0.161 e. The van der Waals surface area contributed by atoms with Gasteiger partial charge in [0.05, 0.1) is 16.4 Å². The second kappa shape index (κ2) is 8.09. The van der Waals surface area contributed by atoms with Crippen LogP contribution >= 0.6 is 36.4 Å². The molecule has 0 saturated carbocycles. The molecule has 0 atom stereocenters. The fourth-order valence-electron chi connectivity index (χ4n) is 2.55. The Hall–Kier alpha value is -0.910. The van der Waals surface area contributed by atoms with Crippen molar-refractivity contribution in [2.75, 3.05) is 13.6 Å². The van der Waals surface area contributed by atoms with E-state index < -0.39 is 0 Å². The van der Waals surface area contributed by atoms with Crippen molar-refractivity contribution in [3.63, 3.8) is 0 Å². The standard InChI is InChI=1S/C15H17ClN4.2ClH/c1-20-7-6-13-11(9-20)14(8-17)19-15(18-13)10-4-2-3-5-12(10)16;;/h2-5H,6-9,17H2,1H3;2*1H. The van der Waals surface area contributed by atoms with Gasteiger partial charge in [-0.15, -0.1) is 24.8 Å². The molecule has 120 valence electrons. The number of halogens is 3. The van der Waals surface area contributed by atoms with Gasteiger partial charge in [-0.2, -0.15) is 0 Å². The molecule has 1 aromatic heterocycles. The van der Waals surface area contributed by atoms with Crippen LogP contribution in [0.3, 0.4) is 0 Å². The third kappa shape index (κ3) is 3.70. The van der Waals surface area contributed by atoms with Crippen LogP contribution in [0.1, 0.15) is 17.0 Å². The third-order valence-corrected chi connectivity index (χ3v) is 3.97. The Morgan fingerprint density at radius 1 is 1.23 bits per heavy atom. The highest BCUT2D eigenvalue weighted by molar-refractivity contribution is 6.33. The maximum atomic E-state index is 6.24. The predicted octanol–water partition coefficient (Wildman–Crippen LogP) is 3.09. The average Bonchev–Trinajstić information content (AvgIpc) is 2.46. The summed E-state index contributed by atoms with van der Waals surface area (Å²) in [6.45, 7) is 2.30. The Balaban J connectivity index is 0.00000121. The number of rotatable bonds is 2. The zero-order valence-corrected chi connectivity index (χ0v) is 14.6. The first-order valence-corrected chi connectivity index (χ1v) is 7.09. The van der Waals surface area contributed by atoms with Crippen LogP contribution in [0.2, 0.25) is 5.02 Å². The van der Waals surface area contributed by atoms with Crippen molar-refractivity contribution in [3.8, 4) is 11.4 Å². The molecule has 2 N–H and O–H groups in total. The Kier molecular flexibility index (Phi) is 7.03. The zero-order valence-electron chi connectivity index (χ0n) is 12.3. The smallest absolute Gasteiger partial charge is 0.161 e. The number of likely N-dealkylation sites (N-methyl/N-ethyl adjacent to an activating group) is 1. The first kappa shape index (κ1) is 19.1. The maximum absolute atomic E-state index is 6.24. The predicted molar refractivity (Wildman–Crippen MR) is 94.9 cm³/mol. The van der Waals surface area contributed by atoms with Gasteiger partial charge >= 0.3 is 0 Å². The van der Waals surface area contributed by atoms with E-state index in [9.17, 15) is 0 Å². The van der Waals surface area contributed by atoms with Crippen molar-refractivity contribution in [2.24, 2.45) is 5.73 Å². The van der Waals surface area contributed by atoms with Gasteiger partial charge in [0.25, 0.3) is 0 Å². The lowest BCUT2D eigenvalue weighted by Gasteiger charge is -2.26. The first-order chi connectivity index (χ1) is 9.69. The largest absolute Gasteiger partial charge is 0.325 e. The van der Waals surface area contributed by atoms with Crippen molar-refractivity contribution in [3.05, 3.63) is 46.2 Å². The Morgan fingerprint density at radius 2 is 1.95 bits per heavy atom. The third-order valence-electron chi connectivity index (χ3n) is 3.64. The minimum absolute atomic E-state index is 0. The molecule has 22 heavy (non-hydrogen) atoms. The summed E-state index contributed by atoms with van der Waals surface area (Å²) in [4.78, 5) is 11.6. The number of hydrogen-bond acceptors (Lipinski definition) is 4. The molecule has 2 heterocycles. The fourth-order valence-corrected chi connectivity index (χ4v) is 2.77. The second-order valence-corrected chi connectivity index (χ2v) is 5.50. The lowest BCUT2D eigenvalue weighted by Crippen LogP contribution is -2.29. The van der Waals surface area contributed by atoms with Gasteiger partial charge in [-0.1, -0.05) is 23.7 Å². The molecule has 0 saturated heterocycles. The quantitative estimate of drug-likeness (QED) is 0.893. The monoisotopic (exact) mass is 360 g/mol. The number of aromatic nitrogens is 2. The van der Waals surface area contributed by atoms with Gasteiger partial charge in [0.15, 0.2) is 5.82 Å². The molecule has 1 aromatic carbocycles. The van der Waals surface area contributed by atoms with Gasteiger partial charge in [-0.3, -0.25) is 0 Å². The molecule has 1 aliphatic rings. The van der Waals surface area contributed by atoms with Crippen LogP contribution < -0.4 is 5.73 Å². The second-order valence-electron chi connectivity index (χ2n) is 5.09. The summed E-state index contributed by atoms with van der Waals surface area (Å²) in [6, 6.07) is 7.65. The highest BCUT2D eigenvalue weighted by atomic mass is 35.5. The van der Waals surface area contributed by atoms with E-state index in [1.165, 1.54) is 5.56 Å². The highest BCUT2D eigenvalue weighted by Crippen LogP contribution is 2.28. The summed E-state index contributed by atoms with van der Waals surface area (Å²) in [5, 5.41) is 0.670. The molecule has 4 nitrogen and oxygen atoms in total. The molecule has 0 aliphatic carbocycles. The van der Waals surface area contributed by atoms with E-state index in [1.807, 2.05) is 24.3 Å². The Labute approximate surface area is 147 Å². The van der Waals surface area contributed by atoms with Crippen molar-refractivity contribution in [2.45, 2.75) is 19.5 Å². The molecule has 0 amide bonds. The number of nitrogens with two attached hydrogens (primary N) is 1. The van der Waals surface area contributed by atoms with Gasteiger partial charge in [-0.25, -0.2) is 9.97 Å². The van der Waals surface area contributed by atoms with Gasteiger partial charge in [0.1, 0.15) is 0 Å². The van der Waals surface area contributed by atoms with Crippen molar-refractivity contribution < 1.29 is 0 Å². The first-order valence-electron chi connectivity index (χ1n) is 6.71. The van der Waals surface area contributed by atoms with Crippen molar-refractivity contribution in [1.82, 2.24) is 14.9 Å². The molecule has 0 spiro atoms. The average molecular weight is 362 g/mol. The number of nitrogens with zero attached hydrogens (tertiary/aromatic N) is 3. The van der Waals surface area contributed by atoms with E-state index in [2.05, 4.69) is 16.9 Å². The topological polar surface area (TPSA) is 55.0 Å². The van der Waals surface area contributed by atoms with E-state index in [0.29, 0.717) is 17.4 Å². The minimum atomic E-state index is 0. The fraction of sp³-hybridized carbons (Fsp3) is 0.333. The van der Waals surface area contributed by atoms with Crippen LogP contribution in [-0.2, 0) is 19.5 Å². The number of fused-ring (bicyclic) bond motifs is 1. The van der Waals surface area contributed by atoms with E-state index in [-0.39, 0.29) is 24.8 Å². The van der Waals surface area contributed by atoms with Crippen LogP contribution in [0, 0.1) is 0 Å². The lowest BCUT2D eigenvalue weighted by atomic mass is 10.0. The molecule has 0 fully saturated rings. The lowest BCUT2D eigenvalue weighted by molar-refractivity contribution is 0.307. The summed E-state index contributed by atoms with van der Waals surface area (Å²) >= 11 is 6.24. The molecule has 3 rings (SSSR count). The molecular formula is C15H19Cl3N4. The molecule has 0 bridgehead atoms. The van der Waals surface area contributed by atoms with Crippen molar-refractivity contribution in [1.29, 1.82) is 0 Å². The summed E-state index contributed by atoms with van der Waals surface area (Å²) in [5.74, 6) is 0.680. The molecule has 0 unspecified atom stereocenters. The van der Waals surface area contributed by atoms with Crippen LogP contribution in [0.5, 0.6) is 0 Å². The van der Waals surface area contributed by atoms with Crippen molar-refractivity contribution >= 4 is 36.4 Å². The zero-order chi connectivity index (χ0) is 14.1. The Bertz CT molecular complexity index is 631. The molecule has 0 radical (unpaired) electrons. The van der Waals surface area contributed by atoms with Crippen LogP contribution in [0.25, 0.3) is 11.4 Å². The molecule has 7 heteroatoms. The highest BCUT2D eigenvalue weighted by Gasteiger charge is 2.20. The normalized spacial score (nSPS) is 13.8. The van der Waals surface area contributed by atoms with E-state index in [4.69, 9.17) is 22.3 Å². The van der Waals surface area contributed by atoms with Gasteiger partial charge < -0.3 is 10.6 Å². The summed E-state index contributed by atoms with van der Waals surface area (Å²) in [5.41, 5.74) is 9.94. The van der Waals surface area contributed by atoms with Gasteiger partial charge in [0, 0.05) is 37.2 Å². The summed E-state index contributed by atoms with van der Waals surface area (Å²) in [7, 11) is 2.10. The summed E-state index contributed by atoms with van der Waals surface area (Å²) < 4.78 is 0. The van der Waals surface area contributed by atoms with Crippen LogP contribution in [0.4, 0.5) is 0 Å². The van der Waals surface area contributed by atoms with E-state index in [0.717, 1.165) is 36.5 Å². The van der Waals surface area contributed by atoms with Gasteiger partial charge in [-0.05, 0) is 19.2 Å². The minimum Gasteiger partial charge on any atom is -0.325 e. The molecule has 2 aromatic rings. The van der Waals surface area contributed by atoms with E-state index in [1.54, 1.807) is 0 Å². The summed E-state index contributed by atoms with van der Waals surface area (Å²) in [6.07, 6.45) is 0.929. The Morgan fingerprint density at radius 3 is 2.64 bits per heavy atom. The molecular weight excluding hydrogens is 343 g/mol. The SMILES string of the molecule is CN1CCc2nc(-c3ccccc3Cl)nc(CN)c2C1.Cl.Cl. The number of hydrogen-bond donors (Lipinski definition) is 1.